The number of carbonyl (C=O) groups excluding carboxylic acids is 1. The number of amides is 1. The van der Waals surface area contributed by atoms with Crippen LogP contribution in [0.3, 0.4) is 0 Å². The Bertz CT molecular complexity index is 205. The Morgan fingerprint density at radius 2 is 1.85 bits per heavy atom. The highest BCUT2D eigenvalue weighted by atomic mass is 16.2. The molecule has 2 saturated carbocycles. The summed E-state index contributed by atoms with van der Waals surface area (Å²) in [5, 5.41) is 3.06. The summed E-state index contributed by atoms with van der Waals surface area (Å²) in [4.78, 5) is 11.6. The van der Waals surface area contributed by atoms with Crippen molar-refractivity contribution in [1.29, 1.82) is 0 Å². The van der Waals surface area contributed by atoms with Crippen molar-refractivity contribution < 1.29 is 4.79 Å². The van der Waals surface area contributed by atoms with Crippen molar-refractivity contribution >= 4 is 5.91 Å². The van der Waals surface area contributed by atoms with E-state index in [1.807, 2.05) is 0 Å². The zero-order chi connectivity index (χ0) is 9.31. The van der Waals surface area contributed by atoms with Crippen LogP contribution in [0.1, 0.15) is 44.9 Å². The second kappa shape index (κ2) is 3.29. The zero-order valence-corrected chi connectivity index (χ0v) is 8.01. The number of carbonyl (C=O) groups is 1. The number of hydrogen-bond donors (Lipinski definition) is 2. The molecule has 2 rings (SSSR count). The summed E-state index contributed by atoms with van der Waals surface area (Å²) >= 11 is 0. The minimum absolute atomic E-state index is 0.0828. The molecule has 0 radical (unpaired) electrons. The molecule has 13 heavy (non-hydrogen) atoms. The van der Waals surface area contributed by atoms with Gasteiger partial charge in [-0.3, -0.25) is 4.79 Å². The van der Waals surface area contributed by atoms with Crippen molar-refractivity contribution in [2.24, 2.45) is 5.73 Å². The van der Waals surface area contributed by atoms with Gasteiger partial charge < -0.3 is 11.1 Å². The van der Waals surface area contributed by atoms with Crippen molar-refractivity contribution in [2.75, 3.05) is 0 Å². The fourth-order valence-electron chi connectivity index (χ4n) is 1.94. The molecule has 1 amide bonds. The van der Waals surface area contributed by atoms with Crippen LogP contribution in [0, 0.1) is 0 Å². The van der Waals surface area contributed by atoms with Crippen LogP contribution in [0.5, 0.6) is 0 Å². The molecule has 0 aliphatic heterocycles. The van der Waals surface area contributed by atoms with Gasteiger partial charge in [0.05, 0.1) is 5.54 Å². The quantitative estimate of drug-likeness (QED) is 0.667. The maximum Gasteiger partial charge on any atom is 0.240 e. The molecule has 0 heterocycles. The number of nitrogens with one attached hydrogen (secondary N) is 1. The van der Waals surface area contributed by atoms with Crippen LogP contribution in [0.4, 0.5) is 0 Å². The lowest BCUT2D eigenvalue weighted by molar-refractivity contribution is -0.124. The Hall–Kier alpha value is -0.570. The Labute approximate surface area is 79.1 Å². The molecule has 3 N–H and O–H groups in total. The molecular weight excluding hydrogens is 164 g/mol. The topological polar surface area (TPSA) is 55.1 Å². The summed E-state index contributed by atoms with van der Waals surface area (Å²) in [6.45, 7) is 0. The third-order valence-electron chi connectivity index (χ3n) is 3.18. The van der Waals surface area contributed by atoms with Gasteiger partial charge in [0, 0.05) is 6.04 Å². The molecule has 2 fully saturated rings. The van der Waals surface area contributed by atoms with Crippen molar-refractivity contribution in [3.8, 4) is 0 Å². The molecule has 3 heteroatoms. The Kier molecular flexibility index (Phi) is 2.28. The van der Waals surface area contributed by atoms with E-state index in [-0.39, 0.29) is 5.91 Å². The minimum Gasteiger partial charge on any atom is -0.352 e. The van der Waals surface area contributed by atoms with Crippen LogP contribution in [0.2, 0.25) is 0 Å². The highest BCUT2D eigenvalue weighted by Gasteiger charge is 2.46. The molecule has 2 aliphatic carbocycles. The van der Waals surface area contributed by atoms with E-state index in [4.69, 9.17) is 5.73 Å². The first-order valence-electron chi connectivity index (χ1n) is 5.31. The van der Waals surface area contributed by atoms with Gasteiger partial charge in [-0.1, -0.05) is 19.3 Å². The van der Waals surface area contributed by atoms with Crippen LogP contribution >= 0.6 is 0 Å². The molecule has 0 aromatic rings. The Morgan fingerprint density at radius 3 is 2.38 bits per heavy atom. The average molecular weight is 182 g/mol. The van der Waals surface area contributed by atoms with E-state index < -0.39 is 5.54 Å². The first-order chi connectivity index (χ1) is 6.21. The van der Waals surface area contributed by atoms with Crippen molar-refractivity contribution in [2.45, 2.75) is 56.5 Å². The summed E-state index contributed by atoms with van der Waals surface area (Å²) in [5.41, 5.74) is 5.31. The monoisotopic (exact) mass is 182 g/mol. The van der Waals surface area contributed by atoms with Gasteiger partial charge in [0.25, 0.3) is 0 Å². The third kappa shape index (κ3) is 2.02. The second-order valence-electron chi connectivity index (χ2n) is 4.46. The molecule has 0 bridgehead atoms. The van der Waals surface area contributed by atoms with Gasteiger partial charge in [0.2, 0.25) is 5.91 Å². The summed E-state index contributed by atoms with van der Waals surface area (Å²) in [5.74, 6) is 0.0828. The SMILES string of the molecule is NC1(C(=O)NC2CCCCC2)CC1. The largest absolute Gasteiger partial charge is 0.352 e. The second-order valence-corrected chi connectivity index (χ2v) is 4.46. The Morgan fingerprint density at radius 1 is 1.23 bits per heavy atom. The highest BCUT2D eigenvalue weighted by Crippen LogP contribution is 2.32. The average Bonchev–Trinajstić information content (AvgIpc) is 2.87. The van der Waals surface area contributed by atoms with Crippen molar-refractivity contribution in [3.05, 3.63) is 0 Å². The number of hydrogen-bond acceptors (Lipinski definition) is 2. The summed E-state index contributed by atoms with van der Waals surface area (Å²) in [7, 11) is 0. The standard InChI is InChI=1S/C10H18N2O/c11-10(6-7-10)9(13)12-8-4-2-1-3-5-8/h8H,1-7,11H2,(H,12,13). The fourth-order valence-corrected chi connectivity index (χ4v) is 1.94. The van der Waals surface area contributed by atoms with Gasteiger partial charge in [-0.05, 0) is 25.7 Å². The van der Waals surface area contributed by atoms with Crippen LogP contribution in [0.25, 0.3) is 0 Å². The normalized spacial score (nSPS) is 26.8. The fraction of sp³-hybridized carbons (Fsp3) is 0.900. The third-order valence-corrected chi connectivity index (χ3v) is 3.18. The maximum absolute atomic E-state index is 11.6. The van der Waals surface area contributed by atoms with E-state index in [0.717, 1.165) is 25.7 Å². The predicted octanol–water partition coefficient (Wildman–Crippen LogP) is 0.927. The molecular formula is C10H18N2O. The van der Waals surface area contributed by atoms with E-state index in [2.05, 4.69) is 5.32 Å². The first kappa shape index (κ1) is 9.00. The summed E-state index contributed by atoms with van der Waals surface area (Å²) < 4.78 is 0. The smallest absolute Gasteiger partial charge is 0.240 e. The number of nitrogens with two attached hydrogens (primary N) is 1. The molecule has 3 nitrogen and oxygen atoms in total. The van der Waals surface area contributed by atoms with Crippen molar-refractivity contribution in [1.82, 2.24) is 5.32 Å². The summed E-state index contributed by atoms with van der Waals surface area (Å²) in [6.07, 6.45) is 7.84. The van der Waals surface area contributed by atoms with Crippen LogP contribution in [-0.2, 0) is 4.79 Å². The molecule has 0 unspecified atom stereocenters. The van der Waals surface area contributed by atoms with Gasteiger partial charge >= 0.3 is 0 Å². The molecule has 0 spiro atoms. The van der Waals surface area contributed by atoms with Gasteiger partial charge in [-0.15, -0.1) is 0 Å². The van der Waals surface area contributed by atoms with Crippen molar-refractivity contribution in [3.63, 3.8) is 0 Å². The number of rotatable bonds is 2. The molecule has 74 valence electrons. The van der Waals surface area contributed by atoms with E-state index in [1.165, 1.54) is 19.3 Å². The lowest BCUT2D eigenvalue weighted by Gasteiger charge is -2.24. The van der Waals surface area contributed by atoms with E-state index in [0.29, 0.717) is 6.04 Å². The van der Waals surface area contributed by atoms with E-state index in [9.17, 15) is 4.79 Å². The Balaban J connectivity index is 1.79. The summed E-state index contributed by atoms with van der Waals surface area (Å²) in [6, 6.07) is 0.405. The predicted molar refractivity (Wildman–Crippen MR) is 51.2 cm³/mol. The molecule has 0 atom stereocenters. The first-order valence-corrected chi connectivity index (χ1v) is 5.31. The van der Waals surface area contributed by atoms with Crippen LogP contribution < -0.4 is 11.1 Å². The maximum atomic E-state index is 11.6. The highest BCUT2D eigenvalue weighted by molar-refractivity contribution is 5.89. The van der Waals surface area contributed by atoms with E-state index in [1.54, 1.807) is 0 Å². The molecule has 0 aromatic carbocycles. The zero-order valence-electron chi connectivity index (χ0n) is 8.01. The lowest BCUT2D eigenvalue weighted by atomic mass is 9.95. The van der Waals surface area contributed by atoms with Gasteiger partial charge in [0.15, 0.2) is 0 Å². The van der Waals surface area contributed by atoms with Crippen LogP contribution in [-0.4, -0.2) is 17.5 Å². The minimum atomic E-state index is -0.489. The molecule has 2 aliphatic rings. The van der Waals surface area contributed by atoms with Gasteiger partial charge in [0.1, 0.15) is 0 Å². The van der Waals surface area contributed by atoms with E-state index >= 15 is 0 Å². The van der Waals surface area contributed by atoms with Crippen LogP contribution in [0.15, 0.2) is 0 Å². The van der Waals surface area contributed by atoms with Gasteiger partial charge in [-0.25, -0.2) is 0 Å². The molecule has 0 saturated heterocycles. The lowest BCUT2D eigenvalue weighted by Crippen LogP contribution is -2.47. The molecule has 0 aromatic heterocycles. The van der Waals surface area contributed by atoms with Gasteiger partial charge in [-0.2, -0.15) is 0 Å².